The number of carboxylic acid groups (broad SMARTS) is 1. The minimum atomic E-state index is -1.10. The molecule has 1 atom stereocenters. The molecule has 0 aliphatic heterocycles. The summed E-state index contributed by atoms with van der Waals surface area (Å²) in [5.41, 5.74) is 4.82. The molecule has 196 valence electrons. The van der Waals surface area contributed by atoms with Crippen molar-refractivity contribution < 1.29 is 19.2 Å². The minimum Gasteiger partial charge on any atom is -0.480 e. The standard InChI is InChI=1S/C30H32N4O4/c1-30(2,3)23-15-13-21(14-16-23)27(35)31-25(29(36)37)17-19-9-11-20(12-10-19)26-32-28(38-33-26)22-7-6-8-24(18-22)34(4)5/h6-16,18,25H,17H2,1-5H3,(H,31,35)(H,36,37). The molecule has 8 heteroatoms. The fourth-order valence-corrected chi connectivity index (χ4v) is 3.96. The minimum absolute atomic E-state index is 0.0367. The van der Waals surface area contributed by atoms with E-state index in [0.717, 1.165) is 27.9 Å². The van der Waals surface area contributed by atoms with Crippen LogP contribution in [0.15, 0.2) is 77.3 Å². The molecule has 0 aliphatic carbocycles. The molecule has 1 unspecified atom stereocenters. The first-order valence-corrected chi connectivity index (χ1v) is 12.4. The summed E-state index contributed by atoms with van der Waals surface area (Å²) in [7, 11) is 3.93. The second kappa shape index (κ2) is 10.9. The molecule has 0 aliphatic rings. The van der Waals surface area contributed by atoms with Gasteiger partial charge in [-0.3, -0.25) is 4.79 Å². The lowest BCUT2D eigenvalue weighted by Crippen LogP contribution is -2.42. The Labute approximate surface area is 222 Å². The van der Waals surface area contributed by atoms with Crippen molar-refractivity contribution in [2.45, 2.75) is 38.6 Å². The Bertz CT molecular complexity index is 1420. The van der Waals surface area contributed by atoms with Crippen molar-refractivity contribution in [1.82, 2.24) is 15.5 Å². The van der Waals surface area contributed by atoms with Gasteiger partial charge in [0.15, 0.2) is 0 Å². The van der Waals surface area contributed by atoms with Crippen LogP contribution in [0.2, 0.25) is 0 Å². The fraction of sp³-hybridized carbons (Fsp3) is 0.267. The van der Waals surface area contributed by atoms with Crippen LogP contribution in [0, 0.1) is 0 Å². The van der Waals surface area contributed by atoms with Gasteiger partial charge in [0.1, 0.15) is 6.04 Å². The van der Waals surface area contributed by atoms with Crippen molar-refractivity contribution in [3.05, 3.63) is 89.5 Å². The highest BCUT2D eigenvalue weighted by molar-refractivity contribution is 5.96. The molecule has 8 nitrogen and oxygen atoms in total. The summed E-state index contributed by atoms with van der Waals surface area (Å²) in [5.74, 6) is -0.677. The number of carboxylic acids is 1. The average molecular weight is 513 g/mol. The van der Waals surface area contributed by atoms with Crippen molar-refractivity contribution in [2.75, 3.05) is 19.0 Å². The van der Waals surface area contributed by atoms with E-state index in [9.17, 15) is 14.7 Å². The second-order valence-corrected chi connectivity index (χ2v) is 10.5. The largest absolute Gasteiger partial charge is 0.480 e. The lowest BCUT2D eigenvalue weighted by Gasteiger charge is -2.19. The number of aromatic nitrogens is 2. The van der Waals surface area contributed by atoms with Crippen LogP contribution in [0.25, 0.3) is 22.8 Å². The van der Waals surface area contributed by atoms with Crippen LogP contribution >= 0.6 is 0 Å². The summed E-state index contributed by atoms with van der Waals surface area (Å²) >= 11 is 0. The number of carbonyl (C=O) groups excluding carboxylic acids is 1. The molecule has 3 aromatic carbocycles. The molecular formula is C30H32N4O4. The molecule has 1 heterocycles. The molecule has 0 radical (unpaired) electrons. The summed E-state index contributed by atoms with van der Waals surface area (Å²) in [5, 5.41) is 16.5. The van der Waals surface area contributed by atoms with Gasteiger partial charge in [0.2, 0.25) is 5.82 Å². The molecule has 0 saturated heterocycles. The summed E-state index contributed by atoms with van der Waals surface area (Å²) in [6, 6.07) is 21.2. The first kappa shape index (κ1) is 26.6. The van der Waals surface area contributed by atoms with Crippen LogP contribution in [0.5, 0.6) is 0 Å². The monoisotopic (exact) mass is 512 g/mol. The summed E-state index contributed by atoms with van der Waals surface area (Å²) in [6.07, 6.45) is 0.135. The van der Waals surface area contributed by atoms with Crippen molar-refractivity contribution in [3.63, 3.8) is 0 Å². The van der Waals surface area contributed by atoms with E-state index in [2.05, 4.69) is 36.2 Å². The normalized spacial score (nSPS) is 12.1. The van der Waals surface area contributed by atoms with Crippen molar-refractivity contribution in [2.24, 2.45) is 0 Å². The number of amides is 1. The number of nitrogens with one attached hydrogen (secondary N) is 1. The summed E-state index contributed by atoms with van der Waals surface area (Å²) < 4.78 is 5.47. The Morgan fingerprint density at radius 3 is 2.26 bits per heavy atom. The third-order valence-electron chi connectivity index (χ3n) is 6.30. The lowest BCUT2D eigenvalue weighted by atomic mass is 9.86. The Kier molecular flexibility index (Phi) is 7.62. The van der Waals surface area contributed by atoms with E-state index < -0.39 is 17.9 Å². The summed E-state index contributed by atoms with van der Waals surface area (Å²) in [6.45, 7) is 6.28. The zero-order valence-electron chi connectivity index (χ0n) is 22.2. The first-order valence-electron chi connectivity index (χ1n) is 12.4. The van der Waals surface area contributed by atoms with Gasteiger partial charge in [-0.2, -0.15) is 4.98 Å². The highest BCUT2D eigenvalue weighted by Crippen LogP contribution is 2.26. The van der Waals surface area contributed by atoms with Gasteiger partial charge in [-0.05, 0) is 46.9 Å². The molecule has 0 spiro atoms. The maximum Gasteiger partial charge on any atom is 0.326 e. The van der Waals surface area contributed by atoms with Crippen LogP contribution in [0.4, 0.5) is 5.69 Å². The van der Waals surface area contributed by atoms with E-state index in [1.807, 2.05) is 67.5 Å². The number of carbonyl (C=O) groups is 2. The number of anilines is 1. The van der Waals surface area contributed by atoms with Gasteiger partial charge in [-0.1, -0.05) is 68.4 Å². The van der Waals surface area contributed by atoms with Gasteiger partial charge in [0.05, 0.1) is 0 Å². The molecule has 1 aromatic heterocycles. The molecule has 38 heavy (non-hydrogen) atoms. The highest BCUT2D eigenvalue weighted by Gasteiger charge is 2.22. The number of rotatable bonds is 8. The molecule has 0 saturated carbocycles. The topological polar surface area (TPSA) is 109 Å². The third-order valence-corrected chi connectivity index (χ3v) is 6.30. The molecule has 0 bridgehead atoms. The van der Waals surface area contributed by atoms with E-state index in [1.165, 1.54) is 0 Å². The van der Waals surface area contributed by atoms with Crippen molar-refractivity contribution >= 4 is 17.6 Å². The van der Waals surface area contributed by atoms with Crippen molar-refractivity contribution in [3.8, 4) is 22.8 Å². The number of hydrogen-bond donors (Lipinski definition) is 2. The lowest BCUT2D eigenvalue weighted by molar-refractivity contribution is -0.139. The third kappa shape index (κ3) is 6.26. The number of nitrogens with zero attached hydrogens (tertiary/aromatic N) is 3. The van der Waals surface area contributed by atoms with Gasteiger partial charge >= 0.3 is 5.97 Å². The molecular weight excluding hydrogens is 480 g/mol. The van der Waals surface area contributed by atoms with Gasteiger partial charge in [0, 0.05) is 42.9 Å². The molecule has 2 N–H and O–H groups in total. The maximum atomic E-state index is 12.7. The second-order valence-electron chi connectivity index (χ2n) is 10.5. The first-order chi connectivity index (χ1) is 18.0. The van der Waals surface area contributed by atoms with Crippen LogP contribution in [0.1, 0.15) is 42.3 Å². The van der Waals surface area contributed by atoms with E-state index in [0.29, 0.717) is 17.3 Å². The van der Waals surface area contributed by atoms with Gasteiger partial charge in [-0.25, -0.2) is 4.79 Å². The van der Waals surface area contributed by atoms with Gasteiger partial charge < -0.3 is 19.8 Å². The van der Waals surface area contributed by atoms with E-state index in [-0.39, 0.29) is 11.8 Å². The predicted octanol–water partition coefficient (Wildman–Crippen LogP) is 5.19. The Morgan fingerprint density at radius 1 is 0.974 bits per heavy atom. The fourth-order valence-electron chi connectivity index (χ4n) is 3.96. The van der Waals surface area contributed by atoms with E-state index >= 15 is 0 Å². The smallest absolute Gasteiger partial charge is 0.326 e. The average Bonchev–Trinajstić information content (AvgIpc) is 3.39. The molecule has 1 amide bonds. The number of hydrogen-bond acceptors (Lipinski definition) is 6. The van der Waals surface area contributed by atoms with Gasteiger partial charge in [0.25, 0.3) is 11.8 Å². The molecule has 0 fully saturated rings. The predicted molar refractivity (Wildman–Crippen MR) is 147 cm³/mol. The SMILES string of the molecule is CN(C)c1cccc(-c2nc(-c3ccc(CC(NC(=O)c4ccc(C(C)(C)C)cc4)C(=O)O)cc3)no2)c1. The molecule has 4 rings (SSSR count). The Hall–Kier alpha value is -4.46. The summed E-state index contributed by atoms with van der Waals surface area (Å²) in [4.78, 5) is 31.1. The van der Waals surface area contributed by atoms with Gasteiger partial charge in [-0.15, -0.1) is 0 Å². The number of benzene rings is 3. The molecule has 4 aromatic rings. The van der Waals surface area contributed by atoms with Crippen LogP contribution in [-0.2, 0) is 16.6 Å². The van der Waals surface area contributed by atoms with E-state index in [4.69, 9.17) is 4.52 Å². The maximum absolute atomic E-state index is 12.7. The highest BCUT2D eigenvalue weighted by atomic mass is 16.5. The Balaban J connectivity index is 1.44. The van der Waals surface area contributed by atoms with Crippen LogP contribution < -0.4 is 10.2 Å². The van der Waals surface area contributed by atoms with E-state index in [1.54, 1.807) is 24.3 Å². The number of aliphatic carboxylic acids is 1. The van der Waals surface area contributed by atoms with Crippen LogP contribution in [0.3, 0.4) is 0 Å². The zero-order valence-corrected chi connectivity index (χ0v) is 22.2. The quantitative estimate of drug-likeness (QED) is 0.334. The van der Waals surface area contributed by atoms with Crippen LogP contribution in [-0.4, -0.2) is 47.3 Å². The van der Waals surface area contributed by atoms with Crippen molar-refractivity contribution in [1.29, 1.82) is 0 Å². The Morgan fingerprint density at radius 2 is 1.66 bits per heavy atom. The zero-order chi connectivity index (χ0) is 27.4.